The fourth-order valence-corrected chi connectivity index (χ4v) is 4.23. The standard InChI is InChI=1S/C24H24N2O3/c1-17-6-8-18(9-7-17)22-16-20(19-4-2-3-5-21(19)25-22)23(27)26-12-10-24(11-13-26)28-14-15-29-24/h2-9,16H,10-15H2,1H3. The van der Waals surface area contributed by atoms with Crippen LogP contribution in [0.15, 0.2) is 54.6 Å². The maximum absolute atomic E-state index is 13.5. The highest BCUT2D eigenvalue weighted by Gasteiger charge is 2.41. The van der Waals surface area contributed by atoms with Gasteiger partial charge < -0.3 is 14.4 Å². The SMILES string of the molecule is Cc1ccc(-c2cc(C(=O)N3CCC4(CC3)OCCO4)c3ccccc3n2)cc1. The first-order valence-corrected chi connectivity index (χ1v) is 10.2. The van der Waals surface area contributed by atoms with Gasteiger partial charge in [0.25, 0.3) is 5.91 Å². The molecule has 1 amide bonds. The molecule has 0 N–H and O–H groups in total. The van der Waals surface area contributed by atoms with E-state index in [2.05, 4.69) is 31.2 Å². The Morgan fingerprint density at radius 2 is 1.69 bits per heavy atom. The lowest BCUT2D eigenvalue weighted by molar-refractivity contribution is -0.181. The molecule has 0 aliphatic carbocycles. The summed E-state index contributed by atoms with van der Waals surface area (Å²) in [4.78, 5) is 20.2. The molecule has 3 heterocycles. The zero-order valence-electron chi connectivity index (χ0n) is 16.6. The van der Waals surface area contributed by atoms with E-state index >= 15 is 0 Å². The Balaban J connectivity index is 1.50. The Kier molecular flexibility index (Phi) is 4.57. The minimum Gasteiger partial charge on any atom is -0.347 e. The Morgan fingerprint density at radius 1 is 1.00 bits per heavy atom. The van der Waals surface area contributed by atoms with Crippen LogP contribution in [-0.4, -0.2) is 47.9 Å². The maximum Gasteiger partial charge on any atom is 0.254 e. The molecule has 0 saturated carbocycles. The number of likely N-dealkylation sites (tertiary alicyclic amines) is 1. The summed E-state index contributed by atoms with van der Waals surface area (Å²) in [7, 11) is 0. The van der Waals surface area contributed by atoms with Crippen LogP contribution in [0.2, 0.25) is 0 Å². The molecule has 2 aromatic carbocycles. The van der Waals surface area contributed by atoms with E-state index in [1.54, 1.807) is 0 Å². The molecule has 0 atom stereocenters. The molecule has 29 heavy (non-hydrogen) atoms. The zero-order valence-corrected chi connectivity index (χ0v) is 16.6. The van der Waals surface area contributed by atoms with E-state index in [4.69, 9.17) is 14.5 Å². The highest BCUT2D eigenvalue weighted by molar-refractivity contribution is 6.07. The van der Waals surface area contributed by atoms with Gasteiger partial charge in [0.2, 0.25) is 0 Å². The molecule has 0 bridgehead atoms. The van der Waals surface area contributed by atoms with Gasteiger partial charge >= 0.3 is 0 Å². The summed E-state index contributed by atoms with van der Waals surface area (Å²) in [5, 5.41) is 0.891. The van der Waals surface area contributed by atoms with Crippen molar-refractivity contribution in [2.24, 2.45) is 0 Å². The molecule has 2 saturated heterocycles. The van der Waals surface area contributed by atoms with Crippen molar-refractivity contribution in [1.82, 2.24) is 9.88 Å². The van der Waals surface area contributed by atoms with Crippen LogP contribution in [0.3, 0.4) is 0 Å². The van der Waals surface area contributed by atoms with Gasteiger partial charge in [0.15, 0.2) is 5.79 Å². The highest BCUT2D eigenvalue weighted by atomic mass is 16.7. The van der Waals surface area contributed by atoms with Gasteiger partial charge in [0, 0.05) is 36.9 Å². The lowest BCUT2D eigenvalue weighted by atomic mass is 9.99. The largest absolute Gasteiger partial charge is 0.347 e. The van der Waals surface area contributed by atoms with Crippen molar-refractivity contribution in [1.29, 1.82) is 0 Å². The van der Waals surface area contributed by atoms with E-state index < -0.39 is 5.79 Å². The second-order valence-corrected chi connectivity index (χ2v) is 7.84. The third-order valence-corrected chi connectivity index (χ3v) is 5.92. The summed E-state index contributed by atoms with van der Waals surface area (Å²) in [5.41, 5.74) is 4.58. The number of rotatable bonds is 2. The summed E-state index contributed by atoms with van der Waals surface area (Å²) >= 11 is 0. The lowest BCUT2D eigenvalue weighted by Crippen LogP contribution is -2.47. The number of piperidine rings is 1. The molecule has 2 fully saturated rings. The highest BCUT2D eigenvalue weighted by Crippen LogP contribution is 2.33. The predicted octanol–water partition coefficient (Wildman–Crippen LogP) is 4.19. The van der Waals surface area contributed by atoms with Crippen molar-refractivity contribution in [3.05, 3.63) is 65.7 Å². The first kappa shape index (κ1) is 18.3. The van der Waals surface area contributed by atoms with Gasteiger partial charge in [0.1, 0.15) is 0 Å². The van der Waals surface area contributed by atoms with E-state index in [0.29, 0.717) is 44.7 Å². The molecule has 148 valence electrons. The lowest BCUT2D eigenvalue weighted by Gasteiger charge is -2.37. The van der Waals surface area contributed by atoms with Gasteiger partial charge in [-0.1, -0.05) is 48.0 Å². The number of carbonyl (C=O) groups excluding carboxylic acids is 1. The molecule has 0 radical (unpaired) electrons. The van der Waals surface area contributed by atoms with Crippen LogP contribution in [0.5, 0.6) is 0 Å². The molecule has 5 heteroatoms. The molecular weight excluding hydrogens is 364 g/mol. The number of benzene rings is 2. The fraction of sp³-hybridized carbons (Fsp3) is 0.333. The number of aromatic nitrogens is 1. The maximum atomic E-state index is 13.5. The van der Waals surface area contributed by atoms with Crippen LogP contribution < -0.4 is 0 Å². The van der Waals surface area contributed by atoms with Crippen LogP contribution in [0.1, 0.15) is 28.8 Å². The van der Waals surface area contributed by atoms with Gasteiger partial charge in [-0.05, 0) is 19.1 Å². The third-order valence-electron chi connectivity index (χ3n) is 5.92. The number of amides is 1. The Morgan fingerprint density at radius 3 is 2.41 bits per heavy atom. The molecule has 1 aromatic heterocycles. The summed E-state index contributed by atoms with van der Waals surface area (Å²) < 4.78 is 11.6. The number of hydrogen-bond acceptors (Lipinski definition) is 4. The molecule has 3 aromatic rings. The number of pyridine rings is 1. The first-order chi connectivity index (χ1) is 14.1. The number of fused-ring (bicyclic) bond motifs is 1. The van der Waals surface area contributed by atoms with Crippen LogP contribution in [-0.2, 0) is 9.47 Å². The summed E-state index contributed by atoms with van der Waals surface area (Å²) in [5.74, 6) is -0.436. The average molecular weight is 388 g/mol. The minimum absolute atomic E-state index is 0.0461. The van der Waals surface area contributed by atoms with Crippen molar-refractivity contribution >= 4 is 16.8 Å². The monoisotopic (exact) mass is 388 g/mol. The molecule has 2 aliphatic heterocycles. The number of hydrogen-bond donors (Lipinski definition) is 0. The molecular formula is C24H24N2O3. The van der Waals surface area contributed by atoms with E-state index in [0.717, 1.165) is 22.2 Å². The summed E-state index contributed by atoms with van der Waals surface area (Å²) in [6.45, 7) is 4.61. The second kappa shape index (κ2) is 7.25. The molecule has 0 unspecified atom stereocenters. The van der Waals surface area contributed by atoms with Crippen LogP contribution in [0.25, 0.3) is 22.2 Å². The van der Waals surface area contributed by atoms with Crippen molar-refractivity contribution in [3.8, 4) is 11.3 Å². The van der Waals surface area contributed by atoms with Gasteiger partial charge in [-0.3, -0.25) is 4.79 Å². The van der Waals surface area contributed by atoms with Crippen molar-refractivity contribution in [2.75, 3.05) is 26.3 Å². The molecule has 1 spiro atoms. The minimum atomic E-state index is -0.482. The Hall–Kier alpha value is -2.76. The molecule has 2 aliphatic rings. The van der Waals surface area contributed by atoms with E-state index in [1.165, 1.54) is 5.56 Å². The number of nitrogens with zero attached hydrogens (tertiary/aromatic N) is 2. The molecule has 5 rings (SSSR count). The van der Waals surface area contributed by atoms with Crippen LogP contribution in [0.4, 0.5) is 0 Å². The number of ether oxygens (including phenoxy) is 2. The van der Waals surface area contributed by atoms with E-state index in [9.17, 15) is 4.79 Å². The quantitative estimate of drug-likeness (QED) is 0.661. The number of aryl methyl sites for hydroxylation is 1. The van der Waals surface area contributed by atoms with Crippen LogP contribution in [0, 0.1) is 6.92 Å². The second-order valence-electron chi connectivity index (χ2n) is 7.84. The molecule has 5 nitrogen and oxygen atoms in total. The normalized spacial score (nSPS) is 18.4. The zero-order chi connectivity index (χ0) is 19.8. The van der Waals surface area contributed by atoms with Crippen molar-refractivity contribution in [3.63, 3.8) is 0 Å². The fourth-order valence-electron chi connectivity index (χ4n) is 4.23. The number of carbonyl (C=O) groups is 1. The van der Waals surface area contributed by atoms with Gasteiger partial charge in [0.05, 0.1) is 30.0 Å². The Bertz CT molecular complexity index is 1050. The van der Waals surface area contributed by atoms with Crippen LogP contribution >= 0.6 is 0 Å². The van der Waals surface area contributed by atoms with Gasteiger partial charge in [-0.15, -0.1) is 0 Å². The first-order valence-electron chi connectivity index (χ1n) is 10.2. The predicted molar refractivity (Wildman–Crippen MR) is 112 cm³/mol. The van der Waals surface area contributed by atoms with Gasteiger partial charge in [-0.2, -0.15) is 0 Å². The van der Waals surface area contributed by atoms with Gasteiger partial charge in [-0.25, -0.2) is 4.98 Å². The summed E-state index contributed by atoms with van der Waals surface area (Å²) in [6, 6.07) is 18.0. The van der Waals surface area contributed by atoms with E-state index in [1.807, 2.05) is 35.2 Å². The topological polar surface area (TPSA) is 51.7 Å². The average Bonchev–Trinajstić information content (AvgIpc) is 3.21. The smallest absolute Gasteiger partial charge is 0.254 e. The Labute approximate surface area is 170 Å². The third kappa shape index (κ3) is 3.41. The summed E-state index contributed by atoms with van der Waals surface area (Å²) in [6.07, 6.45) is 1.43. The van der Waals surface area contributed by atoms with Crippen molar-refractivity contribution in [2.45, 2.75) is 25.6 Å². The van der Waals surface area contributed by atoms with Crippen molar-refractivity contribution < 1.29 is 14.3 Å². The number of para-hydroxylation sites is 1. The van der Waals surface area contributed by atoms with E-state index in [-0.39, 0.29) is 5.91 Å².